The fourth-order valence-corrected chi connectivity index (χ4v) is 4.53. The summed E-state index contributed by atoms with van der Waals surface area (Å²) >= 11 is 1.35. The average Bonchev–Trinajstić information content (AvgIpc) is 3.07. The quantitative estimate of drug-likeness (QED) is 0.369. The third-order valence-electron chi connectivity index (χ3n) is 5.28. The maximum Gasteiger partial charge on any atom is 0.333 e. The average molecular weight is 436 g/mol. The highest BCUT2D eigenvalue weighted by Crippen LogP contribution is 2.29. The number of Topliss-reactive ketones (excluding diaryl/α,β-unsaturated/α-hetero) is 1. The van der Waals surface area contributed by atoms with Gasteiger partial charge in [-0.1, -0.05) is 11.8 Å². The number of hydrogen-bond acceptors (Lipinski definition) is 7. The molecule has 2 saturated heterocycles. The van der Waals surface area contributed by atoms with Gasteiger partial charge in [-0.15, -0.1) is 0 Å². The molecule has 1 aromatic carbocycles. The minimum Gasteiger partial charge on any atom is -0.466 e. The van der Waals surface area contributed by atoms with Crippen molar-refractivity contribution in [3.8, 4) is 0 Å². The molecule has 0 N–H and O–H groups in total. The van der Waals surface area contributed by atoms with Crippen LogP contribution >= 0.6 is 11.8 Å². The molecule has 30 heavy (non-hydrogen) atoms. The molecule has 2 heterocycles. The van der Waals surface area contributed by atoms with Crippen LogP contribution in [0.15, 0.2) is 29.3 Å². The number of amides is 1. The van der Waals surface area contributed by atoms with E-state index in [1.165, 1.54) is 37.9 Å². The monoisotopic (exact) mass is 435 g/mol. The van der Waals surface area contributed by atoms with Crippen LogP contribution in [0.2, 0.25) is 0 Å². The third kappa shape index (κ3) is 5.40. The van der Waals surface area contributed by atoms with E-state index in [0.717, 1.165) is 26.1 Å². The summed E-state index contributed by atoms with van der Waals surface area (Å²) in [4.78, 5) is 40.8. The number of thioether (sulfide) groups is 1. The summed E-state index contributed by atoms with van der Waals surface area (Å²) in [5.74, 6) is -0.632. The van der Waals surface area contributed by atoms with Crippen molar-refractivity contribution >= 4 is 35.1 Å². The molecule has 9 heteroatoms. The number of esters is 1. The highest BCUT2D eigenvalue weighted by molar-refractivity contribution is 8.04. The highest BCUT2D eigenvalue weighted by Gasteiger charge is 2.27. The summed E-state index contributed by atoms with van der Waals surface area (Å²) < 4.78 is 19.0. The summed E-state index contributed by atoms with van der Waals surface area (Å²) in [7, 11) is 1.31. The number of rotatable bonds is 7. The second-order valence-corrected chi connectivity index (χ2v) is 8.24. The molecule has 162 valence electrons. The molecule has 1 amide bonds. The molecule has 0 aromatic heterocycles. The third-order valence-corrected chi connectivity index (χ3v) is 6.30. The summed E-state index contributed by atoms with van der Waals surface area (Å²) in [5, 5.41) is 0.640. The van der Waals surface area contributed by atoms with Gasteiger partial charge in [-0.05, 0) is 38.1 Å². The first kappa shape index (κ1) is 22.3. The Labute approximate surface area is 179 Å². The summed E-state index contributed by atoms with van der Waals surface area (Å²) in [5.41, 5.74) is 0.905. The van der Waals surface area contributed by atoms with E-state index in [0.29, 0.717) is 41.7 Å². The SMILES string of the molecule is COC(=O)C=C1SCC(=O)N1CCCN1CCN(c2ccc(C(C)=O)cc2F)CC1. The first-order valence-electron chi connectivity index (χ1n) is 9.89. The zero-order valence-corrected chi connectivity index (χ0v) is 18.0. The Bertz CT molecular complexity index is 853. The Kier molecular flexibility index (Phi) is 7.49. The van der Waals surface area contributed by atoms with E-state index in [4.69, 9.17) is 0 Å². The standard InChI is InChI=1S/C21H26FN3O4S/c1-15(26)16-4-5-18(17(22)12-16)24-10-8-23(9-11-24)6-3-7-25-19(27)14-30-20(25)13-21(28)29-2/h4-5,12-13H,3,6-11,14H2,1-2H3. The number of methoxy groups -OCH3 is 1. The van der Waals surface area contributed by atoms with Crippen LogP contribution in [0.5, 0.6) is 0 Å². The van der Waals surface area contributed by atoms with Crippen molar-refractivity contribution in [2.75, 3.05) is 57.0 Å². The molecule has 0 atom stereocenters. The fourth-order valence-electron chi connectivity index (χ4n) is 3.58. The minimum absolute atomic E-state index is 0.00413. The maximum atomic E-state index is 14.4. The van der Waals surface area contributed by atoms with Gasteiger partial charge in [0.1, 0.15) is 5.82 Å². The Morgan fingerprint density at radius 3 is 2.57 bits per heavy atom. The number of ketones is 1. The lowest BCUT2D eigenvalue weighted by atomic mass is 10.1. The van der Waals surface area contributed by atoms with E-state index >= 15 is 0 Å². The topological polar surface area (TPSA) is 70.2 Å². The Morgan fingerprint density at radius 2 is 1.93 bits per heavy atom. The van der Waals surface area contributed by atoms with Crippen LogP contribution in [0.3, 0.4) is 0 Å². The van der Waals surface area contributed by atoms with E-state index in [9.17, 15) is 18.8 Å². The van der Waals surface area contributed by atoms with Crippen LogP contribution in [0.4, 0.5) is 10.1 Å². The Balaban J connectivity index is 1.47. The van der Waals surface area contributed by atoms with E-state index in [-0.39, 0.29) is 17.5 Å². The molecule has 0 saturated carbocycles. The molecular weight excluding hydrogens is 409 g/mol. The van der Waals surface area contributed by atoms with E-state index < -0.39 is 5.97 Å². The number of carbonyl (C=O) groups excluding carboxylic acids is 3. The predicted octanol–water partition coefficient (Wildman–Crippen LogP) is 2.13. The first-order valence-corrected chi connectivity index (χ1v) is 10.9. The van der Waals surface area contributed by atoms with Gasteiger partial charge in [-0.3, -0.25) is 14.5 Å². The van der Waals surface area contributed by atoms with Crippen molar-refractivity contribution in [1.29, 1.82) is 0 Å². The zero-order chi connectivity index (χ0) is 21.7. The Morgan fingerprint density at radius 1 is 1.20 bits per heavy atom. The van der Waals surface area contributed by atoms with Crippen LogP contribution in [-0.4, -0.2) is 79.6 Å². The van der Waals surface area contributed by atoms with Gasteiger partial charge in [0.2, 0.25) is 5.91 Å². The highest BCUT2D eigenvalue weighted by atomic mass is 32.2. The van der Waals surface area contributed by atoms with E-state index in [1.54, 1.807) is 17.0 Å². The number of carbonyl (C=O) groups is 3. The minimum atomic E-state index is -0.461. The number of nitrogens with zero attached hydrogens (tertiary/aromatic N) is 3. The molecule has 2 aliphatic rings. The van der Waals surface area contributed by atoms with Crippen molar-refractivity contribution in [2.45, 2.75) is 13.3 Å². The molecule has 0 unspecified atom stereocenters. The predicted molar refractivity (Wildman–Crippen MR) is 114 cm³/mol. The number of anilines is 1. The smallest absolute Gasteiger partial charge is 0.333 e. The molecule has 3 rings (SSSR count). The van der Waals surface area contributed by atoms with E-state index in [1.807, 2.05) is 4.90 Å². The van der Waals surface area contributed by atoms with Gasteiger partial charge in [-0.25, -0.2) is 9.18 Å². The van der Waals surface area contributed by atoms with Crippen LogP contribution in [0.1, 0.15) is 23.7 Å². The molecule has 0 bridgehead atoms. The number of piperazine rings is 1. The van der Waals surface area contributed by atoms with Gasteiger partial charge in [0.25, 0.3) is 0 Å². The lowest BCUT2D eigenvalue weighted by Crippen LogP contribution is -2.47. The van der Waals surface area contributed by atoms with Crippen molar-refractivity contribution in [2.24, 2.45) is 0 Å². The van der Waals surface area contributed by atoms with Crippen molar-refractivity contribution < 1.29 is 23.5 Å². The Hall–Kier alpha value is -2.39. The van der Waals surface area contributed by atoms with Crippen molar-refractivity contribution in [3.05, 3.63) is 40.7 Å². The molecule has 0 radical (unpaired) electrons. The molecule has 2 fully saturated rings. The van der Waals surface area contributed by atoms with Crippen molar-refractivity contribution in [1.82, 2.24) is 9.80 Å². The summed E-state index contributed by atoms with van der Waals surface area (Å²) in [6.07, 6.45) is 2.15. The lowest BCUT2D eigenvalue weighted by Gasteiger charge is -2.36. The second kappa shape index (κ2) is 10.1. The summed E-state index contributed by atoms with van der Waals surface area (Å²) in [6.45, 7) is 5.78. The molecular formula is C21H26FN3O4S. The number of ether oxygens (including phenoxy) is 1. The first-order chi connectivity index (χ1) is 14.4. The molecule has 2 aliphatic heterocycles. The van der Waals surface area contributed by atoms with Gasteiger partial charge in [0, 0.05) is 38.3 Å². The molecule has 0 spiro atoms. The van der Waals surface area contributed by atoms with Crippen LogP contribution < -0.4 is 4.90 Å². The molecule has 1 aromatic rings. The number of benzene rings is 1. The normalized spacial score (nSPS) is 18.9. The van der Waals surface area contributed by atoms with E-state index in [2.05, 4.69) is 9.64 Å². The second-order valence-electron chi connectivity index (χ2n) is 7.24. The number of halogens is 1. The zero-order valence-electron chi connectivity index (χ0n) is 17.2. The van der Waals surface area contributed by atoms with Crippen molar-refractivity contribution in [3.63, 3.8) is 0 Å². The fraction of sp³-hybridized carbons (Fsp3) is 0.476. The maximum absolute atomic E-state index is 14.4. The number of hydrogen-bond donors (Lipinski definition) is 0. The van der Waals surface area contributed by atoms with Crippen LogP contribution in [0, 0.1) is 5.82 Å². The lowest BCUT2D eigenvalue weighted by molar-refractivity contribution is -0.134. The van der Waals surface area contributed by atoms with Crippen LogP contribution in [0.25, 0.3) is 0 Å². The molecule has 7 nitrogen and oxygen atoms in total. The molecule has 0 aliphatic carbocycles. The van der Waals surface area contributed by atoms with Gasteiger partial charge in [0.05, 0.1) is 29.7 Å². The van der Waals surface area contributed by atoms with Crippen LogP contribution in [-0.2, 0) is 14.3 Å². The largest absolute Gasteiger partial charge is 0.466 e. The van der Waals surface area contributed by atoms with Gasteiger partial charge in [-0.2, -0.15) is 0 Å². The summed E-state index contributed by atoms with van der Waals surface area (Å²) in [6, 6.07) is 4.64. The van der Waals surface area contributed by atoms with Gasteiger partial charge in [0.15, 0.2) is 5.78 Å². The van der Waals surface area contributed by atoms with Gasteiger partial charge >= 0.3 is 5.97 Å². The van der Waals surface area contributed by atoms with Gasteiger partial charge < -0.3 is 14.5 Å².